The fourth-order valence-corrected chi connectivity index (χ4v) is 2.40. The molecule has 1 aliphatic rings. The first-order chi connectivity index (χ1) is 11.6. The molecule has 2 aromatic rings. The lowest BCUT2D eigenvalue weighted by molar-refractivity contribution is -0.127. The molecule has 2 aromatic carbocycles. The van der Waals surface area contributed by atoms with Crippen molar-refractivity contribution in [2.45, 2.75) is 26.1 Å². The van der Waals surface area contributed by atoms with Gasteiger partial charge in [0.1, 0.15) is 18.5 Å². The van der Waals surface area contributed by atoms with Gasteiger partial charge < -0.3 is 19.5 Å². The topological polar surface area (TPSA) is 56.8 Å². The number of nitrogens with one attached hydrogen (secondary N) is 1. The van der Waals surface area contributed by atoms with E-state index in [1.807, 2.05) is 55.5 Å². The molecule has 5 nitrogen and oxygen atoms in total. The number of amides is 1. The predicted molar refractivity (Wildman–Crippen MR) is 90.6 cm³/mol. The summed E-state index contributed by atoms with van der Waals surface area (Å²) in [6.07, 6.45) is -0.792. The number of carbonyl (C=O) groups excluding carboxylic acids is 1. The van der Waals surface area contributed by atoms with Gasteiger partial charge in [0.25, 0.3) is 5.91 Å². The predicted octanol–water partition coefficient (Wildman–Crippen LogP) is 2.72. The summed E-state index contributed by atoms with van der Waals surface area (Å²) in [5, 5.41) is 2.85. The molecule has 0 spiro atoms. The second-order valence-electron chi connectivity index (χ2n) is 5.82. The van der Waals surface area contributed by atoms with Crippen LogP contribution in [-0.2, 0) is 4.79 Å². The Balaban J connectivity index is 1.48. The van der Waals surface area contributed by atoms with Crippen LogP contribution in [0.15, 0.2) is 48.5 Å². The van der Waals surface area contributed by atoms with Crippen LogP contribution in [0, 0.1) is 6.92 Å². The lowest BCUT2D eigenvalue weighted by atomic mass is 10.2. The molecule has 0 aromatic heterocycles. The van der Waals surface area contributed by atoms with Crippen LogP contribution in [-0.4, -0.2) is 31.3 Å². The number of para-hydroxylation sites is 2. The number of ether oxygens (including phenoxy) is 3. The lowest BCUT2D eigenvalue weighted by Gasteiger charge is -2.27. The van der Waals surface area contributed by atoms with Gasteiger partial charge in [-0.05, 0) is 38.1 Å². The number of fused-ring (bicyclic) bond motifs is 1. The maximum atomic E-state index is 12.2. The molecule has 1 aliphatic heterocycles. The fourth-order valence-electron chi connectivity index (χ4n) is 2.40. The van der Waals surface area contributed by atoms with E-state index in [0.717, 1.165) is 11.3 Å². The summed E-state index contributed by atoms with van der Waals surface area (Å²) in [5.41, 5.74) is 1.15. The first-order valence-electron chi connectivity index (χ1n) is 8.01. The van der Waals surface area contributed by atoms with Crippen molar-refractivity contribution in [3.8, 4) is 17.2 Å². The molecule has 0 fully saturated rings. The Morgan fingerprint density at radius 2 is 1.92 bits per heavy atom. The second-order valence-corrected chi connectivity index (χ2v) is 5.82. The molecular weight excluding hydrogens is 306 g/mol. The molecule has 0 saturated carbocycles. The van der Waals surface area contributed by atoms with Gasteiger partial charge in [-0.25, -0.2) is 0 Å². The van der Waals surface area contributed by atoms with Crippen molar-refractivity contribution in [3.63, 3.8) is 0 Å². The van der Waals surface area contributed by atoms with Gasteiger partial charge in [-0.2, -0.15) is 0 Å². The molecular formula is C19H21NO4. The molecule has 0 radical (unpaired) electrons. The number of benzene rings is 2. The van der Waals surface area contributed by atoms with Gasteiger partial charge in [0.05, 0.1) is 6.54 Å². The summed E-state index contributed by atoms with van der Waals surface area (Å²) < 4.78 is 17.1. The van der Waals surface area contributed by atoms with Gasteiger partial charge in [-0.1, -0.05) is 29.8 Å². The second kappa shape index (κ2) is 7.25. The maximum Gasteiger partial charge on any atom is 0.260 e. The number of hydrogen-bond acceptors (Lipinski definition) is 4. The van der Waals surface area contributed by atoms with E-state index in [1.54, 1.807) is 6.92 Å². The standard InChI is InChI=1S/C19H21NO4/c1-13-7-9-15(10-8-13)23-14(2)19(21)20-11-16-12-22-17-5-3-4-6-18(17)24-16/h3-10,14,16H,11-12H2,1-2H3,(H,20,21)/t14-,16-/m1/s1. The molecule has 0 saturated heterocycles. The van der Waals surface area contributed by atoms with Crippen molar-refractivity contribution < 1.29 is 19.0 Å². The van der Waals surface area contributed by atoms with E-state index in [9.17, 15) is 4.79 Å². The van der Waals surface area contributed by atoms with E-state index in [1.165, 1.54) is 0 Å². The van der Waals surface area contributed by atoms with Gasteiger partial charge in [-0.15, -0.1) is 0 Å². The van der Waals surface area contributed by atoms with Crippen LogP contribution in [0.3, 0.4) is 0 Å². The molecule has 0 aliphatic carbocycles. The molecule has 126 valence electrons. The summed E-state index contributed by atoms with van der Waals surface area (Å²) >= 11 is 0. The minimum atomic E-state index is -0.579. The Bertz CT molecular complexity index is 699. The van der Waals surface area contributed by atoms with Gasteiger partial charge >= 0.3 is 0 Å². The van der Waals surface area contributed by atoms with E-state index < -0.39 is 6.10 Å². The summed E-state index contributed by atoms with van der Waals surface area (Å²) in [6.45, 7) is 4.51. The molecule has 1 amide bonds. The first-order valence-corrected chi connectivity index (χ1v) is 8.01. The SMILES string of the molecule is Cc1ccc(O[C@H](C)C(=O)NC[C@@H]2COc3ccccc3O2)cc1. The van der Waals surface area contributed by atoms with E-state index in [2.05, 4.69) is 5.32 Å². The van der Waals surface area contributed by atoms with Crippen LogP contribution >= 0.6 is 0 Å². The highest BCUT2D eigenvalue weighted by atomic mass is 16.6. The van der Waals surface area contributed by atoms with E-state index in [4.69, 9.17) is 14.2 Å². The lowest BCUT2D eigenvalue weighted by Crippen LogP contribution is -2.44. The van der Waals surface area contributed by atoms with Crippen LogP contribution < -0.4 is 19.5 Å². The number of carbonyl (C=O) groups is 1. The molecule has 1 heterocycles. The third-order valence-corrected chi connectivity index (χ3v) is 3.77. The molecule has 0 bridgehead atoms. The Morgan fingerprint density at radius 3 is 2.67 bits per heavy atom. The minimum absolute atomic E-state index is 0.182. The van der Waals surface area contributed by atoms with Gasteiger partial charge in [0.15, 0.2) is 17.6 Å². The van der Waals surface area contributed by atoms with Crippen molar-refractivity contribution >= 4 is 5.91 Å². The quantitative estimate of drug-likeness (QED) is 0.917. The summed E-state index contributed by atoms with van der Waals surface area (Å²) in [4.78, 5) is 12.2. The molecule has 5 heteroatoms. The third kappa shape index (κ3) is 3.98. The van der Waals surface area contributed by atoms with Crippen LogP contribution in [0.4, 0.5) is 0 Å². The third-order valence-electron chi connectivity index (χ3n) is 3.77. The van der Waals surface area contributed by atoms with Gasteiger partial charge in [-0.3, -0.25) is 4.79 Å². The van der Waals surface area contributed by atoms with Crippen molar-refractivity contribution in [1.82, 2.24) is 5.32 Å². The van der Waals surface area contributed by atoms with E-state index in [0.29, 0.717) is 24.7 Å². The normalized spacial score (nSPS) is 17.0. The highest BCUT2D eigenvalue weighted by molar-refractivity contribution is 5.80. The first kappa shape index (κ1) is 16.2. The van der Waals surface area contributed by atoms with Crippen LogP contribution in [0.2, 0.25) is 0 Å². The molecule has 24 heavy (non-hydrogen) atoms. The molecule has 0 unspecified atom stereocenters. The van der Waals surface area contributed by atoms with Crippen molar-refractivity contribution in [1.29, 1.82) is 0 Å². The molecule has 2 atom stereocenters. The van der Waals surface area contributed by atoms with Crippen LogP contribution in [0.5, 0.6) is 17.2 Å². The number of rotatable bonds is 5. The van der Waals surface area contributed by atoms with Crippen LogP contribution in [0.1, 0.15) is 12.5 Å². The zero-order chi connectivity index (χ0) is 16.9. The Labute approximate surface area is 141 Å². The summed E-state index contributed by atoms with van der Waals surface area (Å²) in [7, 11) is 0. The fraction of sp³-hybridized carbons (Fsp3) is 0.316. The van der Waals surface area contributed by atoms with Crippen LogP contribution in [0.25, 0.3) is 0 Å². The number of hydrogen-bond donors (Lipinski definition) is 1. The largest absolute Gasteiger partial charge is 0.486 e. The van der Waals surface area contributed by atoms with Gasteiger partial charge in [0, 0.05) is 0 Å². The summed E-state index contributed by atoms with van der Waals surface area (Å²) in [6, 6.07) is 15.1. The maximum absolute atomic E-state index is 12.2. The monoisotopic (exact) mass is 327 g/mol. The Morgan fingerprint density at radius 1 is 1.21 bits per heavy atom. The average molecular weight is 327 g/mol. The van der Waals surface area contributed by atoms with E-state index in [-0.39, 0.29) is 12.0 Å². The molecule has 1 N–H and O–H groups in total. The van der Waals surface area contributed by atoms with E-state index >= 15 is 0 Å². The number of aryl methyl sites for hydroxylation is 1. The molecule has 3 rings (SSSR count). The smallest absolute Gasteiger partial charge is 0.260 e. The zero-order valence-corrected chi connectivity index (χ0v) is 13.8. The Kier molecular flexibility index (Phi) is 4.89. The van der Waals surface area contributed by atoms with Crippen molar-refractivity contribution in [2.75, 3.05) is 13.2 Å². The minimum Gasteiger partial charge on any atom is -0.486 e. The van der Waals surface area contributed by atoms with Crippen molar-refractivity contribution in [2.24, 2.45) is 0 Å². The summed E-state index contributed by atoms with van der Waals surface area (Å²) in [5.74, 6) is 1.93. The zero-order valence-electron chi connectivity index (χ0n) is 13.8. The highest BCUT2D eigenvalue weighted by Crippen LogP contribution is 2.30. The van der Waals surface area contributed by atoms with Crippen molar-refractivity contribution in [3.05, 3.63) is 54.1 Å². The average Bonchev–Trinajstić information content (AvgIpc) is 2.61. The highest BCUT2D eigenvalue weighted by Gasteiger charge is 2.22. The Hall–Kier alpha value is -2.69. The van der Waals surface area contributed by atoms with Gasteiger partial charge in [0.2, 0.25) is 0 Å².